The highest BCUT2D eigenvalue weighted by atomic mass is 16.6. The van der Waals surface area contributed by atoms with Gasteiger partial charge in [0.2, 0.25) is 0 Å². The molecule has 5 atom stereocenters. The molecule has 0 radical (unpaired) electrons. The highest BCUT2D eigenvalue weighted by Gasteiger charge is 2.53. The van der Waals surface area contributed by atoms with Crippen molar-refractivity contribution in [1.82, 2.24) is 9.55 Å². The van der Waals surface area contributed by atoms with Crippen LogP contribution in [0.1, 0.15) is 27.0 Å². The number of hydrogen-bond donors (Lipinski definition) is 1. The van der Waals surface area contributed by atoms with Gasteiger partial charge in [0.05, 0.1) is 0 Å². The third kappa shape index (κ3) is 4.49. The molecule has 1 saturated heterocycles. The van der Waals surface area contributed by atoms with Crippen molar-refractivity contribution in [2.75, 3.05) is 12.8 Å². The normalized spacial score (nSPS) is 25.6. The lowest BCUT2D eigenvalue weighted by Gasteiger charge is -2.26. The minimum Gasteiger partial charge on any atom is -0.457 e. The van der Waals surface area contributed by atoms with Gasteiger partial charge in [-0.1, -0.05) is 0 Å². The Morgan fingerprint density at radius 1 is 1.22 bits per heavy atom. The van der Waals surface area contributed by atoms with Crippen LogP contribution in [0.25, 0.3) is 0 Å². The van der Waals surface area contributed by atoms with E-state index in [0.29, 0.717) is 0 Å². The number of esters is 2. The summed E-state index contributed by atoms with van der Waals surface area (Å²) < 4.78 is 22.6. The van der Waals surface area contributed by atoms with Gasteiger partial charge in [-0.25, -0.2) is 4.79 Å². The first-order chi connectivity index (χ1) is 12.6. The Bertz CT molecular complexity index is 792. The number of methoxy groups -OCH3 is 1. The molecule has 0 bridgehead atoms. The van der Waals surface area contributed by atoms with Crippen LogP contribution in [-0.2, 0) is 33.3 Å². The van der Waals surface area contributed by atoms with Crippen LogP contribution in [0.5, 0.6) is 0 Å². The van der Waals surface area contributed by atoms with Gasteiger partial charge in [0, 0.05) is 27.2 Å². The molecule has 27 heavy (non-hydrogen) atoms. The summed E-state index contributed by atoms with van der Waals surface area (Å²) in [6.07, 6.45) is -4.39. The first-order valence-corrected chi connectivity index (χ1v) is 8.03. The van der Waals surface area contributed by atoms with E-state index in [4.69, 9.17) is 24.7 Å². The Hall–Kier alpha value is -2.79. The molecule has 2 rings (SSSR count). The number of Topliss-reactive ketones (excluding diaryl/α,β-unsaturated/α-hetero) is 1. The maximum atomic E-state index is 12.2. The van der Waals surface area contributed by atoms with Crippen molar-refractivity contribution in [3.63, 3.8) is 0 Å². The molecule has 0 spiro atoms. The highest BCUT2D eigenvalue weighted by molar-refractivity contribution is 5.84. The molecule has 0 saturated carbocycles. The minimum absolute atomic E-state index is 0.0119. The molecule has 148 valence electrons. The lowest BCUT2D eigenvalue weighted by molar-refractivity contribution is -0.172. The van der Waals surface area contributed by atoms with Gasteiger partial charge in [-0.15, -0.1) is 0 Å². The number of carbonyl (C=O) groups excluding carboxylic acids is 3. The Morgan fingerprint density at radius 2 is 1.89 bits per heavy atom. The summed E-state index contributed by atoms with van der Waals surface area (Å²) in [6, 6.07) is 1.38. The number of carbonyl (C=O) groups is 3. The molecule has 1 aromatic heterocycles. The smallest absolute Gasteiger partial charge is 0.351 e. The van der Waals surface area contributed by atoms with Crippen LogP contribution >= 0.6 is 0 Å². The van der Waals surface area contributed by atoms with Gasteiger partial charge < -0.3 is 24.7 Å². The summed E-state index contributed by atoms with van der Waals surface area (Å²) in [6.45, 7) is 3.50. The minimum atomic E-state index is -1.35. The van der Waals surface area contributed by atoms with E-state index < -0.39 is 54.1 Å². The largest absolute Gasteiger partial charge is 0.457 e. The van der Waals surface area contributed by atoms with Crippen molar-refractivity contribution < 1.29 is 33.3 Å². The van der Waals surface area contributed by atoms with Gasteiger partial charge in [-0.05, 0) is 13.0 Å². The van der Waals surface area contributed by atoms with Gasteiger partial charge in [0.15, 0.2) is 24.2 Å². The SMILES string of the molecule is CO[C@@H]1[C@H](OC(C)=O)[C@@H](C(OC(C)=O)C(C)=O)O[C@H]1n1ccc(N)nc1=O. The molecule has 0 aliphatic carbocycles. The number of hydrogen-bond acceptors (Lipinski definition) is 10. The average molecular weight is 383 g/mol. The number of nitrogens with two attached hydrogens (primary N) is 1. The number of rotatable bonds is 6. The van der Waals surface area contributed by atoms with Crippen LogP contribution in [-0.4, -0.2) is 58.8 Å². The van der Waals surface area contributed by atoms with Gasteiger partial charge >= 0.3 is 17.6 Å². The van der Waals surface area contributed by atoms with Crippen molar-refractivity contribution in [3.8, 4) is 0 Å². The summed E-state index contributed by atoms with van der Waals surface area (Å²) in [5, 5.41) is 0. The second-order valence-electron chi connectivity index (χ2n) is 5.95. The Labute approximate surface area is 154 Å². The summed E-state index contributed by atoms with van der Waals surface area (Å²) in [5.74, 6) is -1.89. The molecule has 11 heteroatoms. The third-order valence-corrected chi connectivity index (χ3v) is 3.92. The Morgan fingerprint density at radius 3 is 2.37 bits per heavy atom. The molecular weight excluding hydrogens is 362 g/mol. The van der Waals surface area contributed by atoms with E-state index in [1.165, 1.54) is 33.2 Å². The topological polar surface area (TPSA) is 149 Å². The van der Waals surface area contributed by atoms with Crippen LogP contribution in [0.15, 0.2) is 17.1 Å². The van der Waals surface area contributed by atoms with E-state index in [9.17, 15) is 19.2 Å². The fourth-order valence-corrected chi connectivity index (χ4v) is 2.89. The molecule has 1 fully saturated rings. The summed E-state index contributed by atoms with van der Waals surface area (Å²) in [7, 11) is 1.32. The molecular formula is C16H21N3O8. The standard InChI is InChI=1S/C16H21N3O8/c1-7(20)11(25-8(2)21)12-13(26-9(3)22)14(24-4)15(27-12)19-6-5-10(17)18-16(19)23/h5-6,11-15H,1-4H3,(H2,17,18,23)/t11?,12-,13-,14-,15-/m1/s1. The Kier molecular flexibility index (Phi) is 6.28. The van der Waals surface area contributed by atoms with Gasteiger partial charge in [-0.2, -0.15) is 4.98 Å². The van der Waals surface area contributed by atoms with Crippen LogP contribution in [0, 0.1) is 0 Å². The van der Waals surface area contributed by atoms with Crippen LogP contribution in [0.4, 0.5) is 5.82 Å². The highest BCUT2D eigenvalue weighted by Crippen LogP contribution is 2.35. The predicted molar refractivity (Wildman–Crippen MR) is 89.4 cm³/mol. The lowest BCUT2D eigenvalue weighted by atomic mass is 10.0. The first-order valence-electron chi connectivity index (χ1n) is 8.03. The van der Waals surface area contributed by atoms with E-state index in [1.807, 2.05) is 0 Å². The number of aromatic nitrogens is 2. The second-order valence-corrected chi connectivity index (χ2v) is 5.95. The van der Waals surface area contributed by atoms with Gasteiger partial charge in [0.25, 0.3) is 0 Å². The molecule has 1 unspecified atom stereocenters. The number of ketones is 1. The molecule has 2 heterocycles. The summed E-state index contributed by atoms with van der Waals surface area (Å²) in [4.78, 5) is 50.8. The van der Waals surface area contributed by atoms with Crippen molar-refractivity contribution in [1.29, 1.82) is 0 Å². The molecule has 1 aliphatic rings. The predicted octanol–water partition coefficient (Wildman–Crippen LogP) is -0.810. The average Bonchev–Trinajstić information content (AvgIpc) is 2.89. The number of anilines is 1. The quantitative estimate of drug-likeness (QED) is 0.618. The van der Waals surface area contributed by atoms with E-state index in [1.54, 1.807) is 0 Å². The number of ether oxygens (including phenoxy) is 4. The monoisotopic (exact) mass is 383 g/mol. The first kappa shape index (κ1) is 20.5. The van der Waals surface area contributed by atoms with E-state index in [-0.39, 0.29) is 5.82 Å². The maximum absolute atomic E-state index is 12.2. The zero-order chi connectivity index (χ0) is 20.3. The van der Waals surface area contributed by atoms with E-state index in [2.05, 4.69) is 4.98 Å². The molecule has 2 N–H and O–H groups in total. The summed E-state index contributed by atoms with van der Waals surface area (Å²) >= 11 is 0. The van der Waals surface area contributed by atoms with Gasteiger partial charge in [0.1, 0.15) is 18.0 Å². The fraction of sp³-hybridized carbons (Fsp3) is 0.562. The number of nitrogens with zero attached hydrogens (tertiary/aromatic N) is 2. The van der Waals surface area contributed by atoms with E-state index in [0.717, 1.165) is 11.5 Å². The van der Waals surface area contributed by atoms with E-state index >= 15 is 0 Å². The van der Waals surface area contributed by atoms with Crippen LogP contribution in [0.3, 0.4) is 0 Å². The van der Waals surface area contributed by atoms with Crippen molar-refractivity contribution in [3.05, 3.63) is 22.7 Å². The molecule has 0 amide bonds. The van der Waals surface area contributed by atoms with Crippen LogP contribution in [0.2, 0.25) is 0 Å². The fourth-order valence-electron chi connectivity index (χ4n) is 2.89. The molecule has 1 aromatic rings. The maximum Gasteiger partial charge on any atom is 0.351 e. The van der Waals surface area contributed by atoms with Crippen molar-refractivity contribution in [2.24, 2.45) is 0 Å². The second kappa shape index (κ2) is 8.27. The molecule has 0 aromatic carbocycles. The number of nitrogen functional groups attached to an aromatic ring is 1. The molecule has 1 aliphatic heterocycles. The Balaban J connectivity index is 2.48. The third-order valence-electron chi connectivity index (χ3n) is 3.92. The van der Waals surface area contributed by atoms with Crippen LogP contribution < -0.4 is 11.4 Å². The lowest BCUT2D eigenvalue weighted by Crippen LogP contribution is -2.47. The zero-order valence-corrected chi connectivity index (χ0v) is 15.3. The van der Waals surface area contributed by atoms with Crippen molar-refractivity contribution >= 4 is 23.5 Å². The summed E-state index contributed by atoms with van der Waals surface area (Å²) in [5.41, 5.74) is 4.76. The van der Waals surface area contributed by atoms with Gasteiger partial charge in [-0.3, -0.25) is 19.0 Å². The zero-order valence-electron chi connectivity index (χ0n) is 15.3. The van der Waals surface area contributed by atoms with Crippen molar-refractivity contribution in [2.45, 2.75) is 51.4 Å². The molecule has 11 nitrogen and oxygen atoms in total.